The van der Waals surface area contributed by atoms with Crippen molar-refractivity contribution in [2.75, 3.05) is 32.8 Å². The van der Waals surface area contributed by atoms with Crippen LogP contribution in [0.5, 0.6) is 5.75 Å². The molecule has 2 atom stereocenters. The summed E-state index contributed by atoms with van der Waals surface area (Å²) in [5.74, 6) is 1.24. The van der Waals surface area contributed by atoms with Gasteiger partial charge in [-0.2, -0.15) is 0 Å². The number of hydrogen-bond donors (Lipinski definition) is 1. The molecule has 1 aromatic rings. The summed E-state index contributed by atoms with van der Waals surface area (Å²) in [5, 5.41) is 9.02. The van der Waals surface area contributed by atoms with Crippen molar-refractivity contribution in [3.63, 3.8) is 0 Å². The Morgan fingerprint density at radius 1 is 1.27 bits per heavy atom. The van der Waals surface area contributed by atoms with Crippen molar-refractivity contribution in [1.82, 2.24) is 9.80 Å². The van der Waals surface area contributed by atoms with Crippen molar-refractivity contribution in [2.45, 2.75) is 39.3 Å². The monoisotopic (exact) mass is 358 g/mol. The summed E-state index contributed by atoms with van der Waals surface area (Å²) in [5.41, 5.74) is 2.37. The summed E-state index contributed by atoms with van der Waals surface area (Å²) in [4.78, 5) is 17.3. The fraction of sp³-hybridized carbons (Fsp3) is 0.571. The molecule has 4 rings (SSSR count). The predicted octanol–water partition coefficient (Wildman–Crippen LogP) is 2.45. The number of allylic oxidation sites excluding steroid dienone is 1. The van der Waals surface area contributed by atoms with E-state index >= 15 is 0 Å². The van der Waals surface area contributed by atoms with E-state index in [1.54, 1.807) is 0 Å². The molecule has 3 saturated heterocycles. The number of carbonyl (C=O) groups excluding carboxylic acids is 1. The molecule has 3 fully saturated rings. The van der Waals surface area contributed by atoms with E-state index in [0.717, 1.165) is 50.3 Å². The average molecular weight is 358 g/mol. The highest BCUT2D eigenvalue weighted by Crippen LogP contribution is 2.31. The second-order valence-electron chi connectivity index (χ2n) is 7.57. The van der Waals surface area contributed by atoms with Gasteiger partial charge in [-0.15, -0.1) is 0 Å². The van der Waals surface area contributed by atoms with Crippen LogP contribution in [0.3, 0.4) is 0 Å². The topological polar surface area (TPSA) is 53.0 Å². The lowest BCUT2D eigenvalue weighted by molar-refractivity contribution is -0.139. The van der Waals surface area contributed by atoms with Gasteiger partial charge in [0.25, 0.3) is 0 Å². The van der Waals surface area contributed by atoms with Crippen LogP contribution in [-0.4, -0.2) is 59.7 Å². The van der Waals surface area contributed by atoms with Crippen molar-refractivity contribution in [3.8, 4) is 5.75 Å². The Bertz CT molecular complexity index is 654. The molecule has 2 unspecified atom stereocenters. The van der Waals surface area contributed by atoms with Crippen LogP contribution in [0.2, 0.25) is 0 Å². The molecule has 3 aliphatic rings. The van der Waals surface area contributed by atoms with Crippen LogP contribution >= 0.6 is 0 Å². The number of carbonyl (C=O) groups is 1. The molecule has 3 aliphatic heterocycles. The Labute approximate surface area is 156 Å². The molecule has 0 saturated carbocycles. The number of nitrogens with zero attached hydrogens (tertiary/aromatic N) is 2. The smallest absolute Gasteiger partial charge is 0.227 e. The van der Waals surface area contributed by atoms with Crippen molar-refractivity contribution in [1.29, 1.82) is 0 Å². The Balaban J connectivity index is 1.72. The quantitative estimate of drug-likeness (QED) is 0.761. The van der Waals surface area contributed by atoms with Crippen molar-refractivity contribution in [3.05, 3.63) is 41.5 Å². The molecule has 5 heteroatoms. The Morgan fingerprint density at radius 3 is 2.85 bits per heavy atom. The molecule has 1 aromatic carbocycles. The molecular weight excluding hydrogens is 328 g/mol. The lowest BCUT2D eigenvalue weighted by Crippen LogP contribution is -2.47. The third-order valence-electron chi connectivity index (χ3n) is 5.28. The average Bonchev–Trinajstić information content (AvgIpc) is 2.89. The molecule has 0 aliphatic carbocycles. The first-order valence-electron chi connectivity index (χ1n) is 9.56. The van der Waals surface area contributed by atoms with E-state index in [0.29, 0.717) is 18.6 Å². The minimum absolute atomic E-state index is 0.00994. The molecule has 26 heavy (non-hydrogen) atoms. The third kappa shape index (κ3) is 4.46. The van der Waals surface area contributed by atoms with Gasteiger partial charge in [0, 0.05) is 37.8 Å². The van der Waals surface area contributed by atoms with Crippen LogP contribution in [0.15, 0.2) is 35.9 Å². The molecule has 3 heterocycles. The number of rotatable bonds is 7. The van der Waals surface area contributed by atoms with Crippen LogP contribution in [0.25, 0.3) is 0 Å². The number of fused-ring (bicyclic) bond motifs is 4. The fourth-order valence-corrected chi connectivity index (χ4v) is 3.95. The van der Waals surface area contributed by atoms with E-state index in [2.05, 4.69) is 35.8 Å². The van der Waals surface area contributed by atoms with E-state index in [1.807, 2.05) is 18.2 Å². The third-order valence-corrected chi connectivity index (χ3v) is 5.28. The molecule has 0 radical (unpaired) electrons. The molecule has 1 N–H and O–H groups in total. The van der Waals surface area contributed by atoms with E-state index in [-0.39, 0.29) is 12.5 Å². The summed E-state index contributed by atoms with van der Waals surface area (Å²) in [6, 6.07) is 8.28. The van der Waals surface area contributed by atoms with Gasteiger partial charge in [-0.3, -0.25) is 9.69 Å². The maximum atomic E-state index is 12.8. The SMILES string of the molecule is CC(C)=CCN1C(=O)C2CCC1CN(Cc1ccccc1OCCO)C2. The van der Waals surface area contributed by atoms with Gasteiger partial charge in [-0.25, -0.2) is 0 Å². The van der Waals surface area contributed by atoms with E-state index in [9.17, 15) is 4.79 Å². The number of benzene rings is 1. The van der Waals surface area contributed by atoms with Gasteiger partial charge < -0.3 is 14.7 Å². The largest absolute Gasteiger partial charge is 0.491 e. The minimum Gasteiger partial charge on any atom is -0.491 e. The van der Waals surface area contributed by atoms with Crippen LogP contribution in [-0.2, 0) is 11.3 Å². The molecule has 1 amide bonds. The molecule has 142 valence electrons. The van der Waals surface area contributed by atoms with Gasteiger partial charge in [0.2, 0.25) is 5.91 Å². The summed E-state index contributed by atoms with van der Waals surface area (Å²) in [6.07, 6.45) is 4.24. The van der Waals surface area contributed by atoms with Crippen LogP contribution < -0.4 is 4.74 Å². The minimum atomic E-state index is 0.00994. The first kappa shape index (κ1) is 18.9. The highest BCUT2D eigenvalue weighted by molar-refractivity contribution is 5.80. The zero-order valence-electron chi connectivity index (χ0n) is 15.9. The van der Waals surface area contributed by atoms with Gasteiger partial charge >= 0.3 is 0 Å². The number of para-hydroxylation sites is 1. The van der Waals surface area contributed by atoms with E-state index in [4.69, 9.17) is 9.84 Å². The lowest BCUT2D eigenvalue weighted by atomic mass is 9.94. The van der Waals surface area contributed by atoms with Gasteiger partial charge in [0.15, 0.2) is 0 Å². The van der Waals surface area contributed by atoms with Crippen LogP contribution in [0.4, 0.5) is 0 Å². The zero-order valence-corrected chi connectivity index (χ0v) is 15.9. The number of ether oxygens (including phenoxy) is 1. The molecule has 0 spiro atoms. The summed E-state index contributed by atoms with van der Waals surface area (Å²) < 4.78 is 5.67. The first-order valence-corrected chi connectivity index (χ1v) is 9.56. The Hall–Kier alpha value is -1.85. The number of hydrogen-bond acceptors (Lipinski definition) is 4. The maximum Gasteiger partial charge on any atom is 0.227 e. The summed E-state index contributed by atoms with van der Waals surface area (Å²) >= 11 is 0. The number of aliphatic hydroxyl groups excluding tert-OH is 1. The fourth-order valence-electron chi connectivity index (χ4n) is 3.95. The van der Waals surface area contributed by atoms with Gasteiger partial charge in [0.05, 0.1) is 12.5 Å². The van der Waals surface area contributed by atoms with E-state index in [1.165, 1.54) is 5.57 Å². The van der Waals surface area contributed by atoms with Crippen molar-refractivity contribution in [2.24, 2.45) is 5.92 Å². The van der Waals surface area contributed by atoms with E-state index < -0.39 is 0 Å². The highest BCUT2D eigenvalue weighted by atomic mass is 16.5. The standard InChI is InChI=1S/C21H30N2O3/c1-16(2)9-10-23-19-8-7-18(21(23)25)14-22(15-19)13-17-5-3-4-6-20(17)26-12-11-24/h3-6,9,18-19,24H,7-8,10-15H2,1-2H3. The zero-order chi connectivity index (χ0) is 18.5. The first-order chi connectivity index (χ1) is 12.6. The number of amides is 1. The lowest BCUT2D eigenvalue weighted by Gasteiger charge is -2.35. The normalized spacial score (nSPS) is 23.0. The van der Waals surface area contributed by atoms with Gasteiger partial charge in [0.1, 0.15) is 12.4 Å². The van der Waals surface area contributed by atoms with Gasteiger partial charge in [-0.05, 0) is 32.8 Å². The molecule has 2 bridgehead atoms. The van der Waals surface area contributed by atoms with Crippen molar-refractivity contribution >= 4 is 5.91 Å². The Kier molecular flexibility index (Phi) is 6.33. The molecule has 5 nitrogen and oxygen atoms in total. The number of piperidine rings is 1. The number of aliphatic hydroxyl groups is 1. The van der Waals surface area contributed by atoms with Crippen LogP contribution in [0, 0.1) is 5.92 Å². The molecular formula is C21H30N2O3. The maximum absolute atomic E-state index is 12.8. The highest BCUT2D eigenvalue weighted by Gasteiger charge is 2.40. The Morgan fingerprint density at radius 2 is 2.08 bits per heavy atom. The second-order valence-corrected chi connectivity index (χ2v) is 7.57. The van der Waals surface area contributed by atoms with Crippen molar-refractivity contribution < 1.29 is 14.6 Å². The molecule has 0 aromatic heterocycles. The summed E-state index contributed by atoms with van der Waals surface area (Å²) in [6.45, 7) is 7.70. The predicted molar refractivity (Wildman–Crippen MR) is 102 cm³/mol. The second kappa shape index (κ2) is 8.69. The summed E-state index contributed by atoms with van der Waals surface area (Å²) in [7, 11) is 0. The van der Waals surface area contributed by atoms with Gasteiger partial charge in [-0.1, -0.05) is 29.8 Å². The van der Waals surface area contributed by atoms with Crippen LogP contribution in [0.1, 0.15) is 32.3 Å².